The number of carbonyl (C=O) groups is 1. The van der Waals surface area contributed by atoms with Crippen molar-refractivity contribution in [1.29, 1.82) is 0 Å². The fraction of sp³-hybridized carbons (Fsp3) is 0.650. The number of nitrogens with zero attached hydrogens (tertiary/aromatic N) is 1. The highest BCUT2D eigenvalue weighted by Gasteiger charge is 2.40. The first-order valence-electron chi connectivity index (χ1n) is 9.40. The Hall–Kier alpha value is -1.35. The van der Waals surface area contributed by atoms with Gasteiger partial charge in [-0.25, -0.2) is 0 Å². The van der Waals surface area contributed by atoms with Gasteiger partial charge in [0.05, 0.1) is 0 Å². The number of piperidine rings is 1. The topological polar surface area (TPSA) is 32.3 Å². The van der Waals surface area contributed by atoms with Crippen molar-refractivity contribution in [3.05, 3.63) is 35.4 Å². The number of hydrogen-bond acceptors (Lipinski definition) is 2. The van der Waals surface area contributed by atoms with Gasteiger partial charge in [0.2, 0.25) is 0 Å². The molecule has 3 aliphatic rings. The van der Waals surface area contributed by atoms with Crippen molar-refractivity contribution in [3.8, 4) is 0 Å². The van der Waals surface area contributed by atoms with Crippen molar-refractivity contribution in [2.75, 3.05) is 13.1 Å². The van der Waals surface area contributed by atoms with Gasteiger partial charge in [-0.3, -0.25) is 9.69 Å². The summed E-state index contributed by atoms with van der Waals surface area (Å²) in [6.45, 7) is 3.45. The highest BCUT2D eigenvalue weighted by atomic mass is 16.1. The van der Waals surface area contributed by atoms with Crippen LogP contribution in [0.2, 0.25) is 0 Å². The van der Waals surface area contributed by atoms with Gasteiger partial charge in [-0.15, -0.1) is 0 Å². The van der Waals surface area contributed by atoms with Crippen LogP contribution in [0, 0.1) is 11.8 Å². The second-order valence-corrected chi connectivity index (χ2v) is 7.79. The number of benzene rings is 1. The van der Waals surface area contributed by atoms with Crippen LogP contribution < -0.4 is 5.32 Å². The highest BCUT2D eigenvalue weighted by molar-refractivity contribution is 5.94. The summed E-state index contributed by atoms with van der Waals surface area (Å²) in [5, 5.41) is 3.28. The van der Waals surface area contributed by atoms with E-state index in [1.54, 1.807) is 0 Å². The molecule has 0 unspecified atom stereocenters. The van der Waals surface area contributed by atoms with Gasteiger partial charge in [-0.2, -0.15) is 0 Å². The summed E-state index contributed by atoms with van der Waals surface area (Å²) in [5.74, 6) is 1.73. The number of amides is 1. The molecular formula is C20H28N2O. The molecular weight excluding hydrogens is 284 g/mol. The van der Waals surface area contributed by atoms with Crippen LogP contribution in [0.3, 0.4) is 0 Å². The van der Waals surface area contributed by atoms with Gasteiger partial charge in [0.15, 0.2) is 0 Å². The Balaban J connectivity index is 1.33. The monoisotopic (exact) mass is 312 g/mol. The Kier molecular flexibility index (Phi) is 4.39. The Bertz CT molecular complexity index is 547. The van der Waals surface area contributed by atoms with E-state index in [1.807, 2.05) is 12.1 Å². The van der Waals surface area contributed by atoms with E-state index in [0.717, 1.165) is 23.9 Å². The zero-order valence-electron chi connectivity index (χ0n) is 14.0. The summed E-state index contributed by atoms with van der Waals surface area (Å²) in [4.78, 5) is 15.0. The lowest BCUT2D eigenvalue weighted by Crippen LogP contribution is -2.38. The lowest BCUT2D eigenvalue weighted by atomic mass is 9.95. The molecule has 4 rings (SSSR count). The third-order valence-electron chi connectivity index (χ3n) is 6.13. The first-order chi connectivity index (χ1) is 11.3. The Labute approximate surface area is 139 Å². The van der Waals surface area contributed by atoms with Crippen LogP contribution in [0.5, 0.6) is 0 Å². The summed E-state index contributed by atoms with van der Waals surface area (Å²) in [6.07, 6.45) is 9.24. The number of carbonyl (C=O) groups excluding carboxylic acids is 1. The molecule has 0 radical (unpaired) electrons. The zero-order chi connectivity index (χ0) is 15.6. The number of nitrogens with one attached hydrogen (secondary N) is 1. The maximum absolute atomic E-state index is 12.5. The molecule has 0 aromatic heterocycles. The van der Waals surface area contributed by atoms with Gasteiger partial charge in [-0.1, -0.05) is 25.0 Å². The van der Waals surface area contributed by atoms with Crippen LogP contribution in [0.15, 0.2) is 24.3 Å². The predicted molar refractivity (Wildman–Crippen MR) is 92.3 cm³/mol. The van der Waals surface area contributed by atoms with Crippen LogP contribution in [0.1, 0.15) is 60.9 Å². The minimum atomic E-state index is 0.118. The van der Waals surface area contributed by atoms with E-state index >= 15 is 0 Å². The van der Waals surface area contributed by atoms with Gasteiger partial charge in [0.1, 0.15) is 0 Å². The van der Waals surface area contributed by atoms with E-state index in [2.05, 4.69) is 22.3 Å². The third kappa shape index (κ3) is 3.45. The molecule has 23 heavy (non-hydrogen) atoms. The van der Waals surface area contributed by atoms with E-state index in [4.69, 9.17) is 0 Å². The van der Waals surface area contributed by atoms with E-state index in [1.165, 1.54) is 63.6 Å². The molecule has 3 atom stereocenters. The minimum absolute atomic E-state index is 0.118. The Morgan fingerprint density at radius 2 is 1.83 bits per heavy atom. The molecule has 1 aliphatic heterocycles. The molecule has 2 aliphatic carbocycles. The molecule has 1 heterocycles. The first-order valence-corrected chi connectivity index (χ1v) is 9.40. The normalized spacial score (nSPS) is 30.5. The molecule has 1 aromatic rings. The van der Waals surface area contributed by atoms with Crippen molar-refractivity contribution >= 4 is 5.91 Å². The SMILES string of the molecule is O=C(N[C@H]1C[C@H]2CC[C@@H]1C2)c1ccc(CN2CCCCC2)cc1. The molecule has 0 spiro atoms. The highest BCUT2D eigenvalue weighted by Crippen LogP contribution is 2.44. The predicted octanol–water partition coefficient (Wildman–Crippen LogP) is 3.59. The Morgan fingerprint density at radius 1 is 1.04 bits per heavy atom. The van der Waals surface area contributed by atoms with E-state index in [0.29, 0.717) is 6.04 Å². The maximum atomic E-state index is 12.5. The second kappa shape index (κ2) is 6.64. The molecule has 2 bridgehead atoms. The quantitative estimate of drug-likeness (QED) is 0.921. The average Bonchev–Trinajstić information content (AvgIpc) is 3.19. The fourth-order valence-electron chi connectivity index (χ4n) is 4.81. The van der Waals surface area contributed by atoms with Gasteiger partial charge in [0, 0.05) is 18.2 Å². The molecule has 1 N–H and O–H groups in total. The molecule has 3 heteroatoms. The number of rotatable bonds is 4. The molecule has 1 aromatic carbocycles. The van der Waals surface area contributed by atoms with Gasteiger partial charge in [0.25, 0.3) is 5.91 Å². The standard InChI is InChI=1S/C20H28N2O/c23-20(21-19-13-16-6-9-18(19)12-16)17-7-4-15(5-8-17)14-22-10-2-1-3-11-22/h4-5,7-8,16,18-19H,1-3,6,9-14H2,(H,21,23)/t16-,18+,19-/m0/s1. The molecule has 1 saturated heterocycles. The van der Waals surface area contributed by atoms with Crippen molar-refractivity contribution in [3.63, 3.8) is 0 Å². The van der Waals surface area contributed by atoms with Gasteiger partial charge >= 0.3 is 0 Å². The van der Waals surface area contributed by atoms with Crippen LogP contribution >= 0.6 is 0 Å². The zero-order valence-corrected chi connectivity index (χ0v) is 14.0. The largest absolute Gasteiger partial charge is 0.349 e. The van der Waals surface area contributed by atoms with Crippen molar-refractivity contribution in [2.24, 2.45) is 11.8 Å². The summed E-state index contributed by atoms with van der Waals surface area (Å²) in [5.41, 5.74) is 2.14. The molecule has 3 nitrogen and oxygen atoms in total. The van der Waals surface area contributed by atoms with Crippen molar-refractivity contribution < 1.29 is 4.79 Å². The molecule has 124 valence electrons. The average molecular weight is 312 g/mol. The number of fused-ring (bicyclic) bond motifs is 2. The summed E-state index contributed by atoms with van der Waals surface area (Å²) >= 11 is 0. The van der Waals surface area contributed by atoms with Crippen LogP contribution in [0.4, 0.5) is 0 Å². The first kappa shape index (κ1) is 15.2. The smallest absolute Gasteiger partial charge is 0.251 e. The minimum Gasteiger partial charge on any atom is -0.349 e. The van der Waals surface area contributed by atoms with Gasteiger partial charge in [-0.05, 0) is 74.7 Å². The van der Waals surface area contributed by atoms with Crippen molar-refractivity contribution in [2.45, 2.75) is 57.5 Å². The summed E-state index contributed by atoms with van der Waals surface area (Å²) in [7, 11) is 0. The van der Waals surface area contributed by atoms with E-state index < -0.39 is 0 Å². The second-order valence-electron chi connectivity index (χ2n) is 7.79. The lowest BCUT2D eigenvalue weighted by molar-refractivity contribution is 0.0923. The number of hydrogen-bond donors (Lipinski definition) is 1. The molecule has 2 saturated carbocycles. The van der Waals surface area contributed by atoms with E-state index in [-0.39, 0.29) is 5.91 Å². The number of likely N-dealkylation sites (tertiary alicyclic amines) is 1. The fourth-order valence-corrected chi connectivity index (χ4v) is 4.81. The van der Waals surface area contributed by atoms with Crippen LogP contribution in [0.25, 0.3) is 0 Å². The summed E-state index contributed by atoms with van der Waals surface area (Å²) < 4.78 is 0. The van der Waals surface area contributed by atoms with Crippen molar-refractivity contribution in [1.82, 2.24) is 10.2 Å². The van der Waals surface area contributed by atoms with E-state index in [9.17, 15) is 4.79 Å². The van der Waals surface area contributed by atoms with Crippen LogP contribution in [-0.2, 0) is 6.54 Å². The summed E-state index contributed by atoms with van der Waals surface area (Å²) in [6, 6.07) is 8.69. The third-order valence-corrected chi connectivity index (χ3v) is 6.13. The molecule has 1 amide bonds. The Morgan fingerprint density at radius 3 is 2.48 bits per heavy atom. The lowest BCUT2D eigenvalue weighted by Gasteiger charge is -2.26. The van der Waals surface area contributed by atoms with Crippen LogP contribution in [-0.4, -0.2) is 29.9 Å². The molecule has 3 fully saturated rings. The maximum Gasteiger partial charge on any atom is 0.251 e. The van der Waals surface area contributed by atoms with Gasteiger partial charge < -0.3 is 5.32 Å².